The monoisotopic (exact) mass is 262 g/mol. The van der Waals surface area contributed by atoms with E-state index in [4.69, 9.17) is 5.73 Å². The number of carbonyl (C=O) groups excluding carboxylic acids is 1. The number of carbonyl (C=O) groups is 1. The number of primary amides is 1. The molecule has 1 heterocycles. The van der Waals surface area contributed by atoms with Crippen LogP contribution in [0.3, 0.4) is 0 Å². The topological polar surface area (TPSA) is 121 Å². The number of aromatic nitrogens is 2. The quantitative estimate of drug-likeness (QED) is 0.622. The number of nitro benzene ring substituents is 1. The molecule has 0 bridgehead atoms. The summed E-state index contributed by atoms with van der Waals surface area (Å²) in [6.45, 7) is 0.0970. The number of amides is 1. The predicted molar refractivity (Wildman–Crippen MR) is 66.5 cm³/mol. The fourth-order valence-electron chi connectivity index (χ4n) is 1.65. The normalized spacial score (nSPS) is 10.5. The molecule has 2 N–H and O–H groups in total. The maximum absolute atomic E-state index is 12.1. The molecule has 2 rings (SSSR count). The van der Waals surface area contributed by atoms with Gasteiger partial charge in [0.05, 0.1) is 22.2 Å². The molecule has 19 heavy (non-hydrogen) atoms. The Hall–Kier alpha value is -2.77. The van der Waals surface area contributed by atoms with Crippen molar-refractivity contribution in [2.45, 2.75) is 13.0 Å². The molecule has 0 fully saturated rings. The number of aryl methyl sites for hydroxylation is 1. The first kappa shape index (κ1) is 12.7. The van der Waals surface area contributed by atoms with Gasteiger partial charge in [0.1, 0.15) is 0 Å². The average Bonchev–Trinajstić information content (AvgIpc) is 2.37. The minimum absolute atomic E-state index is 0.00200. The minimum Gasteiger partial charge on any atom is -0.370 e. The number of nitrogens with two attached hydrogens (primary N) is 1. The summed E-state index contributed by atoms with van der Waals surface area (Å²) in [5.74, 6) is -0.536. The highest BCUT2D eigenvalue weighted by Gasteiger charge is 2.11. The third kappa shape index (κ3) is 2.57. The number of benzene rings is 1. The zero-order valence-corrected chi connectivity index (χ0v) is 9.78. The van der Waals surface area contributed by atoms with Crippen molar-refractivity contribution in [3.63, 3.8) is 0 Å². The molecule has 0 radical (unpaired) electrons. The van der Waals surface area contributed by atoms with Crippen LogP contribution in [0, 0.1) is 10.1 Å². The molecule has 2 aromatic rings. The average molecular weight is 262 g/mol. The largest absolute Gasteiger partial charge is 0.370 e. The van der Waals surface area contributed by atoms with Crippen molar-refractivity contribution in [3.8, 4) is 0 Å². The lowest BCUT2D eigenvalue weighted by molar-refractivity contribution is -0.384. The van der Waals surface area contributed by atoms with E-state index in [2.05, 4.69) is 4.98 Å². The zero-order valence-electron chi connectivity index (χ0n) is 9.78. The summed E-state index contributed by atoms with van der Waals surface area (Å²) in [6, 6.07) is 3.86. The maximum Gasteiger partial charge on any atom is 0.270 e. The SMILES string of the molecule is NC(=O)CCn1cnc2ccc([N+](=O)[O-])cc2c1=O. The van der Waals surface area contributed by atoms with Gasteiger partial charge in [-0.1, -0.05) is 0 Å². The van der Waals surface area contributed by atoms with E-state index in [1.54, 1.807) is 0 Å². The lowest BCUT2D eigenvalue weighted by atomic mass is 10.2. The first-order chi connectivity index (χ1) is 8.99. The summed E-state index contributed by atoms with van der Waals surface area (Å²) in [4.78, 5) is 36.8. The molecule has 1 amide bonds. The van der Waals surface area contributed by atoms with Crippen LogP contribution in [-0.2, 0) is 11.3 Å². The summed E-state index contributed by atoms with van der Waals surface area (Å²) in [7, 11) is 0. The van der Waals surface area contributed by atoms with Crippen LogP contribution in [-0.4, -0.2) is 20.4 Å². The molecule has 0 spiro atoms. The molecule has 0 saturated heterocycles. The van der Waals surface area contributed by atoms with Crippen molar-refractivity contribution in [3.05, 3.63) is 45.0 Å². The molecule has 98 valence electrons. The second-order valence-corrected chi connectivity index (χ2v) is 3.92. The van der Waals surface area contributed by atoms with Crippen LogP contribution in [0.1, 0.15) is 6.42 Å². The van der Waals surface area contributed by atoms with Gasteiger partial charge in [0.2, 0.25) is 5.91 Å². The minimum atomic E-state index is -0.584. The molecular weight excluding hydrogens is 252 g/mol. The lowest BCUT2D eigenvalue weighted by Crippen LogP contribution is -2.23. The third-order valence-corrected chi connectivity index (χ3v) is 2.62. The van der Waals surface area contributed by atoms with Crippen LogP contribution in [0.2, 0.25) is 0 Å². The lowest BCUT2D eigenvalue weighted by Gasteiger charge is -2.04. The number of hydrogen-bond acceptors (Lipinski definition) is 5. The predicted octanol–water partition coefficient (Wildman–Crippen LogP) is 0.180. The molecule has 1 aromatic carbocycles. The van der Waals surface area contributed by atoms with Gasteiger partial charge in [-0.25, -0.2) is 4.98 Å². The number of non-ortho nitro benzene ring substituents is 1. The van der Waals surface area contributed by atoms with Crippen molar-refractivity contribution in [2.24, 2.45) is 5.73 Å². The number of rotatable bonds is 4. The number of nitro groups is 1. The summed E-state index contributed by atoms with van der Waals surface area (Å²) in [5.41, 5.74) is 4.75. The van der Waals surface area contributed by atoms with Crippen LogP contribution < -0.4 is 11.3 Å². The summed E-state index contributed by atoms with van der Waals surface area (Å²) < 4.78 is 1.21. The van der Waals surface area contributed by atoms with Gasteiger partial charge in [0, 0.05) is 25.1 Å². The molecule has 0 unspecified atom stereocenters. The first-order valence-electron chi connectivity index (χ1n) is 5.41. The van der Waals surface area contributed by atoms with Crippen LogP contribution in [0.5, 0.6) is 0 Å². The molecule has 0 aliphatic rings. The molecular formula is C11H10N4O4. The molecule has 8 heteroatoms. The molecule has 8 nitrogen and oxygen atoms in total. The Morgan fingerprint density at radius 3 is 2.84 bits per heavy atom. The first-order valence-corrected chi connectivity index (χ1v) is 5.41. The van der Waals surface area contributed by atoms with Crippen molar-refractivity contribution >= 4 is 22.5 Å². The number of fused-ring (bicyclic) bond motifs is 1. The second-order valence-electron chi connectivity index (χ2n) is 3.92. The third-order valence-electron chi connectivity index (χ3n) is 2.62. The van der Waals surface area contributed by atoms with Crippen molar-refractivity contribution in [1.82, 2.24) is 9.55 Å². The van der Waals surface area contributed by atoms with Crippen molar-refractivity contribution in [1.29, 1.82) is 0 Å². The highest BCUT2D eigenvalue weighted by atomic mass is 16.6. The zero-order chi connectivity index (χ0) is 14.0. The van der Waals surface area contributed by atoms with Gasteiger partial charge >= 0.3 is 0 Å². The Labute approximate surface area is 106 Å². The van der Waals surface area contributed by atoms with Crippen LogP contribution >= 0.6 is 0 Å². The fourth-order valence-corrected chi connectivity index (χ4v) is 1.65. The van der Waals surface area contributed by atoms with Gasteiger partial charge in [-0.3, -0.25) is 24.3 Å². The fraction of sp³-hybridized carbons (Fsp3) is 0.182. The van der Waals surface area contributed by atoms with E-state index in [0.29, 0.717) is 5.52 Å². The summed E-state index contributed by atoms with van der Waals surface area (Å²) in [5, 5.41) is 10.8. The van der Waals surface area contributed by atoms with E-state index in [1.807, 2.05) is 0 Å². The van der Waals surface area contributed by atoms with E-state index in [1.165, 1.54) is 29.1 Å². The van der Waals surface area contributed by atoms with Crippen LogP contribution in [0.15, 0.2) is 29.3 Å². The maximum atomic E-state index is 12.1. The van der Waals surface area contributed by atoms with Gasteiger partial charge in [-0.05, 0) is 6.07 Å². The molecule has 0 saturated carbocycles. The second kappa shape index (κ2) is 4.84. The number of nitrogens with zero attached hydrogens (tertiary/aromatic N) is 3. The summed E-state index contributed by atoms with van der Waals surface area (Å²) in [6.07, 6.45) is 1.29. The van der Waals surface area contributed by atoms with Gasteiger partial charge < -0.3 is 5.73 Å². The van der Waals surface area contributed by atoms with E-state index >= 15 is 0 Å². The van der Waals surface area contributed by atoms with Crippen LogP contribution in [0.25, 0.3) is 10.9 Å². The molecule has 0 atom stereocenters. The Bertz CT molecular complexity index is 722. The van der Waals surface area contributed by atoms with E-state index in [-0.39, 0.29) is 24.0 Å². The molecule has 0 aliphatic carbocycles. The Kier molecular flexibility index (Phi) is 3.23. The Morgan fingerprint density at radius 2 is 2.21 bits per heavy atom. The highest BCUT2D eigenvalue weighted by Crippen LogP contribution is 2.16. The standard InChI is InChI=1S/C11H10N4O4/c12-10(16)3-4-14-6-13-9-2-1-7(15(18)19)5-8(9)11(14)17/h1-2,5-6H,3-4H2,(H2,12,16). The molecule has 0 aliphatic heterocycles. The smallest absolute Gasteiger partial charge is 0.270 e. The Balaban J connectivity index is 2.52. The van der Waals surface area contributed by atoms with Gasteiger partial charge in [-0.2, -0.15) is 0 Å². The van der Waals surface area contributed by atoms with Crippen molar-refractivity contribution in [2.75, 3.05) is 0 Å². The van der Waals surface area contributed by atoms with E-state index in [0.717, 1.165) is 0 Å². The van der Waals surface area contributed by atoms with E-state index < -0.39 is 16.4 Å². The Morgan fingerprint density at radius 1 is 1.47 bits per heavy atom. The summed E-state index contributed by atoms with van der Waals surface area (Å²) >= 11 is 0. The highest BCUT2D eigenvalue weighted by molar-refractivity contribution is 5.80. The van der Waals surface area contributed by atoms with E-state index in [9.17, 15) is 19.7 Å². The molecule has 1 aromatic heterocycles. The van der Waals surface area contributed by atoms with Gasteiger partial charge in [0.25, 0.3) is 11.2 Å². The van der Waals surface area contributed by atoms with Gasteiger partial charge in [-0.15, -0.1) is 0 Å². The van der Waals surface area contributed by atoms with Crippen LogP contribution in [0.4, 0.5) is 5.69 Å². The number of hydrogen-bond donors (Lipinski definition) is 1. The van der Waals surface area contributed by atoms with Gasteiger partial charge in [0.15, 0.2) is 0 Å². The van der Waals surface area contributed by atoms with Crippen molar-refractivity contribution < 1.29 is 9.72 Å².